The Kier molecular flexibility index (Phi) is 3.31. The molecule has 13 heavy (non-hydrogen) atoms. The Morgan fingerprint density at radius 2 is 1.85 bits per heavy atom. The molecule has 2 atom stereocenters. The van der Waals surface area contributed by atoms with Crippen molar-refractivity contribution in [1.82, 2.24) is 0 Å². The van der Waals surface area contributed by atoms with Crippen molar-refractivity contribution in [2.24, 2.45) is 0 Å². The van der Waals surface area contributed by atoms with Crippen LogP contribution in [0.25, 0.3) is 0 Å². The van der Waals surface area contributed by atoms with E-state index in [1.54, 1.807) is 6.07 Å². The fourth-order valence-corrected chi connectivity index (χ4v) is 2.44. The summed E-state index contributed by atoms with van der Waals surface area (Å²) in [7, 11) is -7.21. The molecule has 5 nitrogen and oxygen atoms in total. The summed E-state index contributed by atoms with van der Waals surface area (Å²) >= 11 is 0. The quantitative estimate of drug-likeness (QED) is 0.748. The van der Waals surface area contributed by atoms with E-state index in [-0.39, 0.29) is 5.30 Å². The van der Waals surface area contributed by atoms with Gasteiger partial charge in [0.05, 0.1) is 5.30 Å². The first-order chi connectivity index (χ1) is 6.02. The Hall–Kier alpha value is -0.570. The summed E-state index contributed by atoms with van der Waals surface area (Å²) in [5, 5.41) is -0.00704. The second-order valence-electron chi connectivity index (χ2n) is 2.18. The molecule has 0 aliphatic carbocycles. The number of hydrogen-bond donors (Lipinski definition) is 2. The van der Waals surface area contributed by atoms with Crippen LogP contribution in [0.2, 0.25) is 0 Å². The van der Waals surface area contributed by atoms with Gasteiger partial charge in [0.15, 0.2) is 0 Å². The van der Waals surface area contributed by atoms with Gasteiger partial charge in [-0.2, -0.15) is 0 Å². The molecule has 2 unspecified atom stereocenters. The lowest BCUT2D eigenvalue weighted by atomic mass is 10.4. The Bertz CT molecular complexity index is 349. The third-order valence-electron chi connectivity index (χ3n) is 1.26. The molecule has 0 aliphatic heterocycles. The van der Waals surface area contributed by atoms with Gasteiger partial charge in [-0.3, -0.25) is 4.57 Å². The van der Waals surface area contributed by atoms with E-state index < -0.39 is 15.9 Å². The van der Waals surface area contributed by atoms with Gasteiger partial charge in [0.2, 0.25) is 0 Å². The summed E-state index contributed by atoms with van der Waals surface area (Å²) in [5.41, 5.74) is 0. The van der Waals surface area contributed by atoms with Crippen LogP contribution in [0.1, 0.15) is 0 Å². The molecule has 7 heteroatoms. The van der Waals surface area contributed by atoms with Gasteiger partial charge in [-0.05, 0) is 16.4 Å². The first-order valence-electron chi connectivity index (χ1n) is 3.26. The van der Waals surface area contributed by atoms with Gasteiger partial charge >= 0.3 is 15.9 Å². The average Bonchev–Trinajstić information content (AvgIpc) is 2.04. The standard InChI is InChI=1S/C6H6O5P2/c7-12(8)11-13(9,10)6-4-2-1-3-5-6/h1-5H,(H-,7,8,9,10)/p+1. The van der Waals surface area contributed by atoms with Crippen molar-refractivity contribution in [3.8, 4) is 0 Å². The smallest absolute Gasteiger partial charge is 0.318 e. The van der Waals surface area contributed by atoms with E-state index in [2.05, 4.69) is 4.31 Å². The predicted molar refractivity (Wildman–Crippen MR) is 46.8 cm³/mol. The maximum absolute atomic E-state index is 11.2. The molecular formula is C6H7O5P2+. The van der Waals surface area contributed by atoms with Crippen molar-refractivity contribution in [2.75, 3.05) is 0 Å². The molecule has 0 bridgehead atoms. The topological polar surface area (TPSA) is 83.8 Å². The molecule has 0 aromatic heterocycles. The highest BCUT2D eigenvalue weighted by atomic mass is 31.2. The summed E-state index contributed by atoms with van der Waals surface area (Å²) in [4.78, 5) is 17.4. The number of hydrogen-bond acceptors (Lipinski definition) is 3. The summed E-state index contributed by atoms with van der Waals surface area (Å²) in [6.45, 7) is 0. The van der Waals surface area contributed by atoms with Crippen LogP contribution in [0, 0.1) is 0 Å². The van der Waals surface area contributed by atoms with Crippen molar-refractivity contribution in [1.29, 1.82) is 0 Å². The zero-order valence-corrected chi connectivity index (χ0v) is 8.19. The maximum Gasteiger partial charge on any atom is 0.703 e. The minimum absolute atomic E-state index is 0.00704. The van der Waals surface area contributed by atoms with Gasteiger partial charge in [0.1, 0.15) is 0 Å². The van der Waals surface area contributed by atoms with E-state index in [1.807, 2.05) is 0 Å². The van der Waals surface area contributed by atoms with Crippen LogP contribution in [0.15, 0.2) is 30.3 Å². The second kappa shape index (κ2) is 4.09. The third-order valence-corrected chi connectivity index (χ3v) is 3.66. The van der Waals surface area contributed by atoms with E-state index in [4.69, 9.17) is 9.79 Å². The molecule has 1 aromatic carbocycles. The predicted octanol–water partition coefficient (Wildman–Crippen LogP) is 1.16. The fourth-order valence-electron chi connectivity index (χ4n) is 0.758. The third kappa shape index (κ3) is 2.99. The molecular weight excluding hydrogens is 214 g/mol. The van der Waals surface area contributed by atoms with Gasteiger partial charge in [-0.1, -0.05) is 18.2 Å². The van der Waals surface area contributed by atoms with Crippen molar-refractivity contribution in [3.63, 3.8) is 0 Å². The number of benzene rings is 1. The SMILES string of the molecule is O=[P+](O)OP(=O)(O)c1ccccc1. The van der Waals surface area contributed by atoms with Crippen LogP contribution in [-0.2, 0) is 13.4 Å². The lowest BCUT2D eigenvalue weighted by Crippen LogP contribution is -2.03. The van der Waals surface area contributed by atoms with Gasteiger partial charge in [-0.15, -0.1) is 4.89 Å². The summed E-state index contributed by atoms with van der Waals surface area (Å²) in [6, 6.07) is 7.42. The van der Waals surface area contributed by atoms with E-state index in [9.17, 15) is 9.13 Å². The maximum atomic E-state index is 11.2. The summed E-state index contributed by atoms with van der Waals surface area (Å²) in [5.74, 6) is 0. The Morgan fingerprint density at radius 3 is 2.31 bits per heavy atom. The molecule has 0 saturated carbocycles. The largest absolute Gasteiger partial charge is 0.703 e. The minimum Gasteiger partial charge on any atom is -0.318 e. The van der Waals surface area contributed by atoms with Crippen molar-refractivity contribution >= 4 is 21.2 Å². The van der Waals surface area contributed by atoms with Gasteiger partial charge in [0, 0.05) is 4.57 Å². The van der Waals surface area contributed by atoms with Crippen LogP contribution in [0.3, 0.4) is 0 Å². The fraction of sp³-hybridized carbons (Fsp3) is 0. The zero-order valence-electron chi connectivity index (χ0n) is 6.40. The van der Waals surface area contributed by atoms with Crippen molar-refractivity contribution in [2.45, 2.75) is 0 Å². The van der Waals surface area contributed by atoms with Gasteiger partial charge in [0.25, 0.3) is 0 Å². The second-order valence-corrected chi connectivity index (χ2v) is 4.86. The minimum atomic E-state index is -4.13. The van der Waals surface area contributed by atoms with Crippen LogP contribution in [-0.4, -0.2) is 9.79 Å². The molecule has 1 rings (SSSR count). The molecule has 0 fully saturated rings. The Morgan fingerprint density at radius 1 is 1.31 bits per heavy atom. The highest BCUT2D eigenvalue weighted by Gasteiger charge is 2.34. The van der Waals surface area contributed by atoms with E-state index in [0.717, 1.165) is 0 Å². The molecule has 0 radical (unpaired) electrons. The highest BCUT2D eigenvalue weighted by molar-refractivity contribution is 7.66. The van der Waals surface area contributed by atoms with E-state index in [1.165, 1.54) is 24.3 Å². The highest BCUT2D eigenvalue weighted by Crippen LogP contribution is 2.48. The Balaban J connectivity index is 2.95. The summed E-state index contributed by atoms with van der Waals surface area (Å²) < 4.78 is 25.4. The molecule has 0 heterocycles. The van der Waals surface area contributed by atoms with Crippen molar-refractivity contribution in [3.05, 3.63) is 30.3 Å². The molecule has 1 aromatic rings. The zero-order chi connectivity index (χ0) is 9.90. The average molecular weight is 221 g/mol. The van der Waals surface area contributed by atoms with E-state index in [0.29, 0.717) is 0 Å². The molecule has 0 saturated heterocycles. The summed E-state index contributed by atoms with van der Waals surface area (Å²) in [6.07, 6.45) is 0. The van der Waals surface area contributed by atoms with Crippen LogP contribution >= 0.6 is 15.9 Å². The lowest BCUT2D eigenvalue weighted by Gasteiger charge is -2.01. The van der Waals surface area contributed by atoms with Gasteiger partial charge in [-0.25, -0.2) is 0 Å². The first-order valence-corrected chi connectivity index (χ1v) is 5.97. The molecule has 0 amide bonds. The van der Waals surface area contributed by atoms with Crippen LogP contribution < -0.4 is 5.30 Å². The lowest BCUT2D eigenvalue weighted by molar-refractivity contribution is 0.360. The molecule has 70 valence electrons. The van der Waals surface area contributed by atoms with Gasteiger partial charge < -0.3 is 4.89 Å². The normalized spacial score (nSPS) is 16.3. The van der Waals surface area contributed by atoms with Crippen molar-refractivity contribution < 1.29 is 23.2 Å². The molecule has 0 aliphatic rings. The molecule has 0 spiro atoms. The number of rotatable bonds is 3. The van der Waals surface area contributed by atoms with E-state index >= 15 is 0 Å². The molecule has 2 N–H and O–H groups in total. The first kappa shape index (κ1) is 10.5. The van der Waals surface area contributed by atoms with Crippen LogP contribution in [0.4, 0.5) is 0 Å². The monoisotopic (exact) mass is 221 g/mol. The van der Waals surface area contributed by atoms with Crippen LogP contribution in [0.5, 0.6) is 0 Å². The Labute approximate surface area is 75.5 Å².